The van der Waals surface area contributed by atoms with Crippen molar-refractivity contribution in [2.45, 2.75) is 25.8 Å². The summed E-state index contributed by atoms with van der Waals surface area (Å²) < 4.78 is 15.6. The van der Waals surface area contributed by atoms with Crippen molar-refractivity contribution >= 4 is 5.91 Å². The van der Waals surface area contributed by atoms with Crippen LogP contribution in [0.25, 0.3) is 11.4 Å². The number of benzene rings is 2. The predicted molar refractivity (Wildman–Crippen MR) is 109 cm³/mol. The maximum Gasteiger partial charge on any atom is 0.227 e. The van der Waals surface area contributed by atoms with E-state index in [1.807, 2.05) is 55.5 Å². The SMILES string of the molecule is COc1ccc(-c2noc(CCC(=O)N(C)C(C)c3ccc(OC)cc3)n2)cc1. The Morgan fingerprint density at radius 3 is 2.21 bits per heavy atom. The van der Waals surface area contributed by atoms with E-state index in [0.717, 1.165) is 22.6 Å². The van der Waals surface area contributed by atoms with E-state index < -0.39 is 0 Å². The van der Waals surface area contributed by atoms with E-state index in [0.29, 0.717) is 24.6 Å². The lowest BCUT2D eigenvalue weighted by atomic mass is 10.1. The summed E-state index contributed by atoms with van der Waals surface area (Å²) in [6.45, 7) is 1.99. The number of rotatable bonds is 8. The lowest BCUT2D eigenvalue weighted by Crippen LogP contribution is -2.29. The molecule has 3 rings (SSSR count). The van der Waals surface area contributed by atoms with E-state index in [4.69, 9.17) is 14.0 Å². The normalized spacial score (nSPS) is 11.7. The van der Waals surface area contributed by atoms with Gasteiger partial charge in [0.05, 0.1) is 20.3 Å². The maximum atomic E-state index is 12.6. The number of nitrogens with zero attached hydrogens (tertiary/aromatic N) is 3. The van der Waals surface area contributed by atoms with Gasteiger partial charge < -0.3 is 18.9 Å². The number of hydrogen-bond donors (Lipinski definition) is 0. The van der Waals surface area contributed by atoms with Crippen molar-refractivity contribution in [3.8, 4) is 22.9 Å². The Hall–Kier alpha value is -3.35. The molecule has 0 aliphatic rings. The molecule has 0 bridgehead atoms. The predicted octanol–water partition coefficient (Wildman–Crippen LogP) is 3.91. The fourth-order valence-electron chi connectivity index (χ4n) is 2.93. The van der Waals surface area contributed by atoms with Crippen molar-refractivity contribution in [2.75, 3.05) is 21.3 Å². The summed E-state index contributed by atoms with van der Waals surface area (Å²) in [5.41, 5.74) is 1.87. The second-order valence-corrected chi connectivity index (χ2v) is 6.69. The summed E-state index contributed by atoms with van der Waals surface area (Å²) >= 11 is 0. The van der Waals surface area contributed by atoms with Crippen LogP contribution in [0.3, 0.4) is 0 Å². The first-order valence-electron chi connectivity index (χ1n) is 9.38. The fourth-order valence-corrected chi connectivity index (χ4v) is 2.93. The Bertz CT molecular complexity index is 935. The quantitative estimate of drug-likeness (QED) is 0.576. The molecule has 0 aliphatic carbocycles. The van der Waals surface area contributed by atoms with Gasteiger partial charge in [-0.2, -0.15) is 4.98 Å². The Kier molecular flexibility index (Phi) is 6.49. The van der Waals surface area contributed by atoms with E-state index in [2.05, 4.69) is 10.1 Å². The number of carbonyl (C=O) groups is 1. The van der Waals surface area contributed by atoms with Crippen molar-refractivity contribution in [3.63, 3.8) is 0 Å². The zero-order chi connectivity index (χ0) is 20.8. The molecule has 1 heterocycles. The number of carbonyl (C=O) groups excluding carboxylic acids is 1. The second kappa shape index (κ2) is 9.23. The minimum atomic E-state index is -0.0500. The van der Waals surface area contributed by atoms with E-state index in [-0.39, 0.29) is 11.9 Å². The number of ether oxygens (including phenoxy) is 2. The van der Waals surface area contributed by atoms with Crippen LogP contribution in [0.1, 0.15) is 30.8 Å². The van der Waals surface area contributed by atoms with Gasteiger partial charge in [0.2, 0.25) is 17.6 Å². The van der Waals surface area contributed by atoms with Crippen LogP contribution in [0, 0.1) is 0 Å². The molecule has 0 spiro atoms. The lowest BCUT2D eigenvalue weighted by molar-refractivity contribution is -0.131. The molecule has 7 heteroatoms. The molecule has 0 fully saturated rings. The van der Waals surface area contributed by atoms with Crippen LogP contribution >= 0.6 is 0 Å². The topological polar surface area (TPSA) is 77.7 Å². The van der Waals surface area contributed by atoms with Crippen LogP contribution in [-0.4, -0.2) is 42.2 Å². The third-order valence-electron chi connectivity index (χ3n) is 4.94. The molecule has 1 amide bonds. The molecule has 3 aromatic rings. The number of amides is 1. The fraction of sp³-hybridized carbons (Fsp3) is 0.318. The van der Waals surface area contributed by atoms with E-state index in [9.17, 15) is 4.79 Å². The average molecular weight is 395 g/mol. The van der Waals surface area contributed by atoms with Crippen LogP contribution < -0.4 is 9.47 Å². The molecule has 0 N–H and O–H groups in total. The molecular weight excluding hydrogens is 370 g/mol. The molecule has 1 aromatic heterocycles. The Morgan fingerprint density at radius 2 is 1.62 bits per heavy atom. The Labute approximate surface area is 170 Å². The summed E-state index contributed by atoms with van der Waals surface area (Å²) in [4.78, 5) is 18.7. The molecule has 29 heavy (non-hydrogen) atoms. The van der Waals surface area contributed by atoms with Gasteiger partial charge in [-0.15, -0.1) is 0 Å². The first-order chi connectivity index (χ1) is 14.0. The summed E-state index contributed by atoms with van der Waals surface area (Å²) in [7, 11) is 5.05. The molecule has 0 aliphatic heterocycles. The third kappa shape index (κ3) is 4.93. The van der Waals surface area contributed by atoms with E-state index in [1.165, 1.54) is 0 Å². The van der Waals surface area contributed by atoms with Crippen molar-refractivity contribution in [1.29, 1.82) is 0 Å². The van der Waals surface area contributed by atoms with Crippen molar-refractivity contribution < 1.29 is 18.8 Å². The number of aromatic nitrogens is 2. The summed E-state index contributed by atoms with van der Waals surface area (Å²) in [5, 5.41) is 4.00. The molecule has 0 saturated carbocycles. The largest absolute Gasteiger partial charge is 0.497 e. The highest BCUT2D eigenvalue weighted by molar-refractivity contribution is 5.76. The maximum absolute atomic E-state index is 12.6. The molecule has 1 unspecified atom stereocenters. The van der Waals surface area contributed by atoms with Gasteiger partial charge in [0.1, 0.15) is 11.5 Å². The minimum Gasteiger partial charge on any atom is -0.497 e. The number of aryl methyl sites for hydroxylation is 1. The monoisotopic (exact) mass is 395 g/mol. The van der Waals surface area contributed by atoms with Gasteiger partial charge in [-0.1, -0.05) is 17.3 Å². The second-order valence-electron chi connectivity index (χ2n) is 6.69. The molecular formula is C22H25N3O4. The van der Waals surface area contributed by atoms with Crippen LogP contribution in [-0.2, 0) is 11.2 Å². The highest BCUT2D eigenvalue weighted by Gasteiger charge is 2.19. The average Bonchev–Trinajstić information content (AvgIpc) is 3.25. The van der Waals surface area contributed by atoms with Gasteiger partial charge in [-0.25, -0.2) is 0 Å². The zero-order valence-corrected chi connectivity index (χ0v) is 17.1. The summed E-state index contributed by atoms with van der Waals surface area (Å²) in [5.74, 6) is 2.50. The van der Waals surface area contributed by atoms with Gasteiger partial charge in [0.25, 0.3) is 0 Å². The van der Waals surface area contributed by atoms with Crippen molar-refractivity contribution in [2.24, 2.45) is 0 Å². The van der Waals surface area contributed by atoms with E-state index >= 15 is 0 Å². The summed E-state index contributed by atoms with van der Waals surface area (Å²) in [6.07, 6.45) is 0.683. The smallest absolute Gasteiger partial charge is 0.227 e. The van der Waals surface area contributed by atoms with Crippen molar-refractivity contribution in [1.82, 2.24) is 15.0 Å². The van der Waals surface area contributed by atoms with Gasteiger partial charge in [0.15, 0.2) is 0 Å². The molecule has 152 valence electrons. The van der Waals surface area contributed by atoms with Crippen LogP contribution in [0.15, 0.2) is 53.1 Å². The number of hydrogen-bond acceptors (Lipinski definition) is 6. The first kappa shape index (κ1) is 20.4. The minimum absolute atomic E-state index is 0.0116. The highest BCUT2D eigenvalue weighted by Crippen LogP contribution is 2.23. The van der Waals surface area contributed by atoms with Gasteiger partial charge in [0, 0.05) is 25.5 Å². The van der Waals surface area contributed by atoms with Gasteiger partial charge >= 0.3 is 0 Å². The lowest BCUT2D eigenvalue weighted by Gasteiger charge is -2.25. The van der Waals surface area contributed by atoms with Crippen LogP contribution in [0.2, 0.25) is 0 Å². The third-order valence-corrected chi connectivity index (χ3v) is 4.94. The summed E-state index contributed by atoms with van der Waals surface area (Å²) in [6, 6.07) is 15.1. The van der Waals surface area contributed by atoms with Gasteiger partial charge in [-0.3, -0.25) is 4.79 Å². The number of methoxy groups -OCH3 is 2. The highest BCUT2D eigenvalue weighted by atomic mass is 16.5. The molecule has 2 aromatic carbocycles. The standard InChI is InChI=1S/C22H25N3O4/c1-15(16-5-9-18(27-3)10-6-16)25(2)21(26)14-13-20-23-22(24-29-20)17-7-11-19(28-4)12-8-17/h5-12,15H,13-14H2,1-4H3. The van der Waals surface area contributed by atoms with E-state index in [1.54, 1.807) is 26.2 Å². The molecule has 7 nitrogen and oxygen atoms in total. The van der Waals surface area contributed by atoms with Gasteiger partial charge in [-0.05, 0) is 48.9 Å². The zero-order valence-electron chi connectivity index (χ0n) is 17.1. The molecule has 1 atom stereocenters. The first-order valence-corrected chi connectivity index (χ1v) is 9.38. The van der Waals surface area contributed by atoms with Crippen molar-refractivity contribution in [3.05, 3.63) is 60.0 Å². The Balaban J connectivity index is 1.57. The molecule has 0 saturated heterocycles. The van der Waals surface area contributed by atoms with Crippen LogP contribution in [0.5, 0.6) is 11.5 Å². The van der Waals surface area contributed by atoms with Crippen LogP contribution in [0.4, 0.5) is 0 Å². The Morgan fingerprint density at radius 1 is 1.03 bits per heavy atom. The molecule has 0 radical (unpaired) electrons.